The lowest BCUT2D eigenvalue weighted by molar-refractivity contribution is -0.131. The number of carbonyl (C=O) groups excluding carboxylic acids is 1. The van der Waals surface area contributed by atoms with E-state index in [1.165, 1.54) is 17.8 Å². The van der Waals surface area contributed by atoms with Gasteiger partial charge in [-0.2, -0.15) is 13.2 Å². The fraction of sp³-hybridized carbons (Fsp3) is 0.500. The third-order valence-electron chi connectivity index (χ3n) is 6.74. The van der Waals surface area contributed by atoms with E-state index in [1.807, 2.05) is 17.0 Å². The van der Waals surface area contributed by atoms with Crippen molar-refractivity contribution in [3.8, 4) is 5.75 Å². The number of carbonyl (C=O) groups is 1. The van der Waals surface area contributed by atoms with Crippen LogP contribution in [0.1, 0.15) is 12.8 Å². The van der Waals surface area contributed by atoms with Crippen molar-refractivity contribution >= 4 is 29.0 Å². The van der Waals surface area contributed by atoms with Gasteiger partial charge in [0.25, 0.3) is 0 Å². The van der Waals surface area contributed by atoms with Crippen LogP contribution in [0.4, 0.5) is 24.5 Å². The second-order valence-corrected chi connectivity index (χ2v) is 10.2. The minimum Gasteiger partial charge on any atom is -0.497 e. The first-order chi connectivity index (χ1) is 17.3. The molecule has 0 aromatic heterocycles. The van der Waals surface area contributed by atoms with Gasteiger partial charge in [-0.3, -0.25) is 9.69 Å². The van der Waals surface area contributed by atoms with Crippen molar-refractivity contribution in [3.63, 3.8) is 0 Å². The maximum absolute atomic E-state index is 12.9. The number of halogens is 3. The molecule has 2 fully saturated rings. The summed E-state index contributed by atoms with van der Waals surface area (Å²) in [6, 6.07) is 14.6. The summed E-state index contributed by atoms with van der Waals surface area (Å²) >= 11 is -0.101. The predicted molar refractivity (Wildman–Crippen MR) is 138 cm³/mol. The first kappa shape index (κ1) is 26.5. The number of ether oxygens (including phenoxy) is 1. The highest BCUT2D eigenvalue weighted by Crippen LogP contribution is 2.37. The van der Waals surface area contributed by atoms with E-state index in [0.29, 0.717) is 26.1 Å². The lowest BCUT2D eigenvalue weighted by atomic mass is 10.2. The van der Waals surface area contributed by atoms with E-state index < -0.39 is 5.51 Å². The molecule has 2 heterocycles. The van der Waals surface area contributed by atoms with E-state index in [9.17, 15) is 18.0 Å². The average molecular weight is 523 g/mol. The summed E-state index contributed by atoms with van der Waals surface area (Å²) in [7, 11) is 1.67. The minimum absolute atomic E-state index is 0.101. The van der Waals surface area contributed by atoms with E-state index in [-0.39, 0.29) is 22.6 Å². The zero-order valence-corrected chi connectivity index (χ0v) is 21.4. The number of amides is 1. The van der Waals surface area contributed by atoms with Gasteiger partial charge >= 0.3 is 5.51 Å². The van der Waals surface area contributed by atoms with Gasteiger partial charge in [0.1, 0.15) is 5.75 Å². The number of benzene rings is 2. The highest BCUT2D eigenvalue weighted by Gasteiger charge is 2.29. The van der Waals surface area contributed by atoms with E-state index >= 15 is 0 Å². The van der Waals surface area contributed by atoms with E-state index in [0.717, 1.165) is 57.1 Å². The van der Waals surface area contributed by atoms with E-state index in [2.05, 4.69) is 26.8 Å². The molecule has 0 saturated carbocycles. The smallest absolute Gasteiger partial charge is 0.446 e. The Morgan fingerprint density at radius 3 is 2.03 bits per heavy atom. The van der Waals surface area contributed by atoms with Crippen LogP contribution in [-0.4, -0.2) is 87.2 Å². The van der Waals surface area contributed by atoms with Crippen molar-refractivity contribution in [3.05, 3.63) is 48.5 Å². The average Bonchev–Trinajstić information content (AvgIpc) is 3.14. The molecule has 0 spiro atoms. The Hall–Kier alpha value is -2.59. The summed E-state index contributed by atoms with van der Waals surface area (Å²) in [5.74, 6) is 1.02. The molecule has 0 atom stereocenters. The van der Waals surface area contributed by atoms with Crippen LogP contribution in [-0.2, 0) is 4.79 Å². The van der Waals surface area contributed by atoms with E-state index in [1.54, 1.807) is 19.2 Å². The SMILES string of the molecule is COc1ccc(N2CCN(CCC(=O)N3CCCN(c4ccc(SC(F)(F)F)cc4)CC3)CC2)cc1. The zero-order valence-electron chi connectivity index (χ0n) is 20.5. The van der Waals surface area contributed by atoms with Gasteiger partial charge in [-0.05, 0) is 66.7 Å². The molecule has 0 N–H and O–H groups in total. The highest BCUT2D eigenvalue weighted by molar-refractivity contribution is 8.00. The number of nitrogens with zero attached hydrogens (tertiary/aromatic N) is 4. The Morgan fingerprint density at radius 1 is 0.833 bits per heavy atom. The fourth-order valence-electron chi connectivity index (χ4n) is 4.72. The Kier molecular flexibility index (Phi) is 8.90. The maximum Gasteiger partial charge on any atom is 0.446 e. The molecule has 196 valence electrons. The molecule has 2 saturated heterocycles. The predicted octanol–water partition coefficient (Wildman–Crippen LogP) is 4.56. The number of hydrogen-bond acceptors (Lipinski definition) is 6. The Morgan fingerprint density at radius 2 is 1.42 bits per heavy atom. The van der Waals surface area contributed by atoms with Gasteiger partial charge in [0.2, 0.25) is 5.91 Å². The van der Waals surface area contributed by atoms with Crippen molar-refractivity contribution < 1.29 is 22.7 Å². The molecule has 1 amide bonds. The third kappa shape index (κ3) is 7.46. The number of methoxy groups -OCH3 is 1. The van der Waals surface area contributed by atoms with Crippen molar-refractivity contribution in [2.45, 2.75) is 23.2 Å². The Bertz CT molecular complexity index is 980. The summed E-state index contributed by atoms with van der Waals surface area (Å²) in [6.45, 7) is 7.27. The first-order valence-electron chi connectivity index (χ1n) is 12.3. The molecule has 10 heteroatoms. The van der Waals surface area contributed by atoms with Crippen LogP contribution in [0.3, 0.4) is 0 Å². The monoisotopic (exact) mass is 522 g/mol. The quantitative estimate of drug-likeness (QED) is 0.497. The lowest BCUT2D eigenvalue weighted by Crippen LogP contribution is -2.47. The van der Waals surface area contributed by atoms with Crippen LogP contribution in [0.5, 0.6) is 5.75 Å². The Balaban J connectivity index is 1.19. The molecular formula is C26H33F3N4O2S. The van der Waals surface area contributed by atoms with Crippen LogP contribution in [0.25, 0.3) is 0 Å². The van der Waals surface area contributed by atoms with Crippen molar-refractivity contribution in [2.75, 3.05) is 75.8 Å². The van der Waals surface area contributed by atoms with Gasteiger partial charge in [0.05, 0.1) is 7.11 Å². The molecule has 0 radical (unpaired) electrons. The van der Waals surface area contributed by atoms with Crippen LogP contribution >= 0.6 is 11.8 Å². The number of hydrogen-bond donors (Lipinski definition) is 0. The molecule has 2 aromatic carbocycles. The molecule has 0 aliphatic carbocycles. The number of anilines is 2. The van der Waals surface area contributed by atoms with Gasteiger partial charge in [-0.25, -0.2) is 0 Å². The van der Waals surface area contributed by atoms with Crippen molar-refractivity contribution in [2.24, 2.45) is 0 Å². The molecule has 2 aliphatic heterocycles. The largest absolute Gasteiger partial charge is 0.497 e. The summed E-state index contributed by atoms with van der Waals surface area (Å²) < 4.78 is 42.9. The number of thioether (sulfide) groups is 1. The maximum atomic E-state index is 12.9. The van der Waals surface area contributed by atoms with Crippen LogP contribution in [0, 0.1) is 0 Å². The van der Waals surface area contributed by atoms with Crippen molar-refractivity contribution in [1.82, 2.24) is 9.80 Å². The molecule has 2 aliphatic rings. The van der Waals surface area contributed by atoms with Gasteiger partial charge in [0, 0.05) is 81.6 Å². The lowest BCUT2D eigenvalue weighted by Gasteiger charge is -2.36. The molecular weight excluding hydrogens is 489 g/mol. The van der Waals surface area contributed by atoms with Crippen LogP contribution < -0.4 is 14.5 Å². The summed E-state index contributed by atoms with van der Waals surface area (Å²) in [5, 5.41) is 0. The summed E-state index contributed by atoms with van der Waals surface area (Å²) in [6.07, 6.45) is 1.34. The molecule has 0 bridgehead atoms. The second-order valence-electron chi connectivity index (χ2n) is 9.04. The molecule has 0 unspecified atom stereocenters. The summed E-state index contributed by atoms with van der Waals surface area (Å²) in [4.78, 5) is 21.9. The Labute approximate surface area is 215 Å². The fourth-order valence-corrected chi connectivity index (χ4v) is 5.26. The molecule has 6 nitrogen and oxygen atoms in total. The highest BCUT2D eigenvalue weighted by atomic mass is 32.2. The zero-order chi connectivity index (χ0) is 25.5. The van der Waals surface area contributed by atoms with Crippen LogP contribution in [0.15, 0.2) is 53.4 Å². The number of alkyl halides is 3. The van der Waals surface area contributed by atoms with Gasteiger partial charge in [-0.15, -0.1) is 0 Å². The van der Waals surface area contributed by atoms with Crippen LogP contribution in [0.2, 0.25) is 0 Å². The topological polar surface area (TPSA) is 39.3 Å². The number of rotatable bonds is 7. The molecule has 36 heavy (non-hydrogen) atoms. The normalized spacial score (nSPS) is 17.7. The summed E-state index contributed by atoms with van der Waals surface area (Å²) in [5.41, 5.74) is -2.20. The third-order valence-corrected chi connectivity index (χ3v) is 7.48. The molecule has 2 aromatic rings. The minimum atomic E-state index is -4.28. The molecule has 4 rings (SSSR count). The van der Waals surface area contributed by atoms with Gasteiger partial charge in [-0.1, -0.05) is 0 Å². The van der Waals surface area contributed by atoms with Gasteiger partial charge in [0.15, 0.2) is 0 Å². The number of piperazine rings is 1. The standard InChI is InChI=1S/C26H33F3N4O2S/c1-35-23-7-3-21(4-8-23)32-17-15-30(16-18-32)14-11-25(34)33-13-2-12-31(19-20-33)22-5-9-24(10-6-22)36-26(27,28)29/h3-10H,2,11-20H2,1H3. The van der Waals surface area contributed by atoms with E-state index in [4.69, 9.17) is 4.74 Å². The second kappa shape index (κ2) is 12.1. The van der Waals surface area contributed by atoms with Gasteiger partial charge < -0.3 is 19.4 Å². The first-order valence-corrected chi connectivity index (χ1v) is 13.1. The van der Waals surface area contributed by atoms with Crippen molar-refractivity contribution in [1.29, 1.82) is 0 Å².